The summed E-state index contributed by atoms with van der Waals surface area (Å²) in [6.07, 6.45) is 1.60. The van der Waals surface area contributed by atoms with Gasteiger partial charge in [-0.3, -0.25) is 4.90 Å². The van der Waals surface area contributed by atoms with Crippen molar-refractivity contribution in [3.63, 3.8) is 0 Å². The highest BCUT2D eigenvalue weighted by atomic mass is 35.5. The Morgan fingerprint density at radius 1 is 1.45 bits per heavy atom. The third-order valence-corrected chi connectivity index (χ3v) is 3.77. The molecule has 1 atom stereocenters. The molecule has 1 aromatic rings. The standard InChI is InChI=1S/C16H17ClN2O3/c1-4-9-19-10(2)13(15(20)22-3)14(18-16(19)21)11-5-7-12(17)8-6-11/h4-8,14H,1,9H2,2-3H3,(H,18,21). The Labute approximate surface area is 134 Å². The van der Waals surface area contributed by atoms with E-state index >= 15 is 0 Å². The minimum absolute atomic E-state index is 0.287. The first-order chi connectivity index (χ1) is 10.5. The summed E-state index contributed by atoms with van der Waals surface area (Å²) >= 11 is 5.89. The number of allylic oxidation sites excluding steroid dienone is 1. The molecule has 0 bridgehead atoms. The number of methoxy groups -OCH3 is 1. The molecule has 1 heterocycles. The van der Waals surface area contributed by atoms with Crippen LogP contribution >= 0.6 is 11.6 Å². The van der Waals surface area contributed by atoms with Gasteiger partial charge in [0.25, 0.3) is 0 Å². The Balaban J connectivity index is 2.52. The average Bonchev–Trinajstić information content (AvgIpc) is 2.51. The second kappa shape index (κ2) is 6.66. The van der Waals surface area contributed by atoms with Crippen molar-refractivity contribution in [3.8, 4) is 0 Å². The maximum absolute atomic E-state index is 12.3. The first-order valence-corrected chi connectivity index (χ1v) is 7.10. The molecule has 0 fully saturated rings. The molecule has 6 heteroatoms. The third kappa shape index (κ3) is 2.99. The lowest BCUT2D eigenvalue weighted by molar-refractivity contribution is -0.136. The van der Waals surface area contributed by atoms with Crippen LogP contribution in [-0.2, 0) is 9.53 Å². The van der Waals surface area contributed by atoms with Crippen LogP contribution in [0.4, 0.5) is 4.79 Å². The van der Waals surface area contributed by atoms with Crippen molar-refractivity contribution < 1.29 is 14.3 Å². The van der Waals surface area contributed by atoms with Crippen LogP contribution in [0, 0.1) is 0 Å². The largest absolute Gasteiger partial charge is 0.466 e. The summed E-state index contributed by atoms with van der Waals surface area (Å²) in [5.41, 5.74) is 1.71. The number of esters is 1. The number of halogens is 1. The summed E-state index contributed by atoms with van der Waals surface area (Å²) in [6.45, 7) is 5.66. The normalized spacial score (nSPS) is 18.0. The lowest BCUT2D eigenvalue weighted by atomic mass is 9.95. The molecule has 0 spiro atoms. The van der Waals surface area contributed by atoms with E-state index in [-0.39, 0.29) is 6.03 Å². The Kier molecular flexibility index (Phi) is 4.88. The Bertz CT molecular complexity index is 637. The summed E-state index contributed by atoms with van der Waals surface area (Å²) in [7, 11) is 1.32. The maximum atomic E-state index is 12.3. The molecule has 1 unspecified atom stereocenters. The molecule has 5 nitrogen and oxygen atoms in total. The van der Waals surface area contributed by atoms with Crippen molar-refractivity contribution in [2.45, 2.75) is 13.0 Å². The summed E-state index contributed by atoms with van der Waals surface area (Å²) in [4.78, 5) is 25.9. The first kappa shape index (κ1) is 16.1. The topological polar surface area (TPSA) is 58.6 Å². The SMILES string of the molecule is C=CCN1C(=O)NC(c2ccc(Cl)cc2)C(C(=O)OC)=C1C. The number of amides is 2. The smallest absolute Gasteiger partial charge is 0.337 e. The highest BCUT2D eigenvalue weighted by molar-refractivity contribution is 6.30. The number of hydrogen-bond acceptors (Lipinski definition) is 3. The van der Waals surface area contributed by atoms with E-state index < -0.39 is 12.0 Å². The van der Waals surface area contributed by atoms with Crippen molar-refractivity contribution in [3.05, 3.63) is 58.8 Å². The molecule has 1 aliphatic heterocycles. The van der Waals surface area contributed by atoms with Crippen molar-refractivity contribution >= 4 is 23.6 Å². The van der Waals surface area contributed by atoms with Gasteiger partial charge in [-0.15, -0.1) is 6.58 Å². The Morgan fingerprint density at radius 3 is 2.64 bits per heavy atom. The predicted molar refractivity (Wildman–Crippen MR) is 84.3 cm³/mol. The number of carbonyl (C=O) groups is 2. The maximum Gasteiger partial charge on any atom is 0.337 e. The van der Waals surface area contributed by atoms with Crippen LogP contribution in [0.25, 0.3) is 0 Å². The van der Waals surface area contributed by atoms with Gasteiger partial charge in [0.1, 0.15) is 0 Å². The molecule has 1 aromatic carbocycles. The number of hydrogen-bond donors (Lipinski definition) is 1. The van der Waals surface area contributed by atoms with Crippen LogP contribution in [0.2, 0.25) is 5.02 Å². The molecule has 0 radical (unpaired) electrons. The molecule has 2 amide bonds. The third-order valence-electron chi connectivity index (χ3n) is 3.52. The zero-order chi connectivity index (χ0) is 16.3. The number of urea groups is 1. The van der Waals surface area contributed by atoms with E-state index in [1.165, 1.54) is 12.0 Å². The van der Waals surface area contributed by atoms with Crippen LogP contribution in [0.3, 0.4) is 0 Å². The van der Waals surface area contributed by atoms with Gasteiger partial charge in [0, 0.05) is 17.3 Å². The summed E-state index contributed by atoms with van der Waals surface area (Å²) in [5, 5.41) is 3.40. The van der Waals surface area contributed by atoms with E-state index in [2.05, 4.69) is 11.9 Å². The second-order valence-electron chi connectivity index (χ2n) is 4.82. The van der Waals surface area contributed by atoms with E-state index in [1.807, 2.05) is 0 Å². The van der Waals surface area contributed by atoms with Crippen LogP contribution in [-0.4, -0.2) is 30.6 Å². The van der Waals surface area contributed by atoms with Crippen LogP contribution in [0.5, 0.6) is 0 Å². The number of nitrogens with one attached hydrogen (secondary N) is 1. The van der Waals surface area contributed by atoms with Gasteiger partial charge in [0.15, 0.2) is 0 Å². The fraction of sp³-hybridized carbons (Fsp3) is 0.250. The number of rotatable bonds is 4. The molecule has 2 rings (SSSR count). The average molecular weight is 321 g/mol. The van der Waals surface area contributed by atoms with Crippen LogP contribution in [0.1, 0.15) is 18.5 Å². The molecule has 0 saturated heterocycles. The van der Waals surface area contributed by atoms with Gasteiger partial charge in [-0.1, -0.05) is 29.8 Å². The molecule has 0 aromatic heterocycles. The fourth-order valence-corrected chi connectivity index (χ4v) is 2.54. The van der Waals surface area contributed by atoms with Gasteiger partial charge in [0.2, 0.25) is 0 Å². The molecular weight excluding hydrogens is 304 g/mol. The molecule has 0 saturated carbocycles. The van der Waals surface area contributed by atoms with Crippen molar-refractivity contribution in [2.75, 3.05) is 13.7 Å². The molecule has 0 aliphatic carbocycles. The minimum Gasteiger partial charge on any atom is -0.466 e. The van der Waals surface area contributed by atoms with E-state index in [9.17, 15) is 9.59 Å². The fourth-order valence-electron chi connectivity index (χ4n) is 2.41. The predicted octanol–water partition coefficient (Wildman–Crippen LogP) is 3.04. The quantitative estimate of drug-likeness (QED) is 0.685. The zero-order valence-electron chi connectivity index (χ0n) is 12.4. The van der Waals surface area contributed by atoms with Gasteiger partial charge < -0.3 is 10.1 Å². The van der Waals surface area contributed by atoms with Crippen molar-refractivity contribution in [1.82, 2.24) is 10.2 Å². The van der Waals surface area contributed by atoms with E-state index in [0.29, 0.717) is 22.8 Å². The number of ether oxygens (including phenoxy) is 1. The van der Waals surface area contributed by atoms with Gasteiger partial charge in [-0.25, -0.2) is 9.59 Å². The first-order valence-electron chi connectivity index (χ1n) is 6.73. The molecule has 116 valence electrons. The summed E-state index contributed by atoms with van der Waals surface area (Å²) in [6, 6.07) is 6.11. The molecule has 1 N–H and O–H groups in total. The van der Waals surface area contributed by atoms with Gasteiger partial charge in [-0.05, 0) is 24.6 Å². The lowest BCUT2D eigenvalue weighted by Gasteiger charge is -2.34. The number of benzene rings is 1. The van der Waals surface area contributed by atoms with Crippen LogP contribution < -0.4 is 5.32 Å². The Hall–Kier alpha value is -2.27. The number of carbonyl (C=O) groups excluding carboxylic acids is 2. The highest BCUT2D eigenvalue weighted by Crippen LogP contribution is 2.31. The second-order valence-corrected chi connectivity index (χ2v) is 5.26. The zero-order valence-corrected chi connectivity index (χ0v) is 13.2. The van der Waals surface area contributed by atoms with E-state index in [1.54, 1.807) is 37.3 Å². The monoisotopic (exact) mass is 320 g/mol. The van der Waals surface area contributed by atoms with Crippen LogP contribution in [0.15, 0.2) is 48.2 Å². The van der Waals surface area contributed by atoms with Gasteiger partial charge >= 0.3 is 12.0 Å². The minimum atomic E-state index is -0.571. The highest BCUT2D eigenvalue weighted by Gasteiger charge is 2.35. The van der Waals surface area contributed by atoms with Gasteiger partial charge in [-0.2, -0.15) is 0 Å². The summed E-state index contributed by atoms with van der Waals surface area (Å²) in [5.74, 6) is -0.480. The number of nitrogens with zero attached hydrogens (tertiary/aromatic N) is 1. The van der Waals surface area contributed by atoms with E-state index in [0.717, 1.165) is 5.56 Å². The van der Waals surface area contributed by atoms with Crippen molar-refractivity contribution in [1.29, 1.82) is 0 Å². The van der Waals surface area contributed by atoms with Crippen molar-refractivity contribution in [2.24, 2.45) is 0 Å². The Morgan fingerprint density at radius 2 is 2.09 bits per heavy atom. The summed E-state index contributed by atoms with van der Waals surface area (Å²) < 4.78 is 4.87. The lowest BCUT2D eigenvalue weighted by Crippen LogP contribution is -2.47. The van der Waals surface area contributed by atoms with E-state index in [4.69, 9.17) is 16.3 Å². The molecular formula is C16H17ClN2O3. The molecule has 1 aliphatic rings. The van der Waals surface area contributed by atoms with Gasteiger partial charge in [0.05, 0.1) is 18.7 Å². The molecule has 22 heavy (non-hydrogen) atoms.